The van der Waals surface area contributed by atoms with E-state index in [-0.39, 0.29) is 12.5 Å². The molecule has 0 aromatic heterocycles. The van der Waals surface area contributed by atoms with Gasteiger partial charge in [-0.2, -0.15) is 0 Å². The molecule has 5 rings (SSSR count). The zero-order valence-electron chi connectivity index (χ0n) is 25.6. The number of benzene rings is 4. The smallest absolute Gasteiger partial charge is 0.324 e. The summed E-state index contributed by atoms with van der Waals surface area (Å²) in [4.78, 5) is 30.2. The molecular formula is C35H37N3O4S2. The first-order chi connectivity index (χ1) is 21.1. The summed E-state index contributed by atoms with van der Waals surface area (Å²) < 4.78 is 10.5. The summed E-state index contributed by atoms with van der Waals surface area (Å²) in [6, 6.07) is 25.2. The molecule has 2 N–H and O–H groups in total. The van der Waals surface area contributed by atoms with Gasteiger partial charge in [-0.25, -0.2) is 0 Å². The fourth-order valence-electron chi connectivity index (χ4n) is 5.78. The minimum atomic E-state index is -0.908. The minimum absolute atomic E-state index is 0.148. The van der Waals surface area contributed by atoms with Crippen LogP contribution >= 0.6 is 23.9 Å². The molecule has 0 aliphatic carbocycles. The topological polar surface area (TPSA) is 82.1 Å². The third-order valence-corrected chi connectivity index (χ3v) is 9.79. The van der Waals surface area contributed by atoms with Crippen molar-refractivity contribution in [1.29, 1.82) is 0 Å². The third kappa shape index (κ3) is 7.00. The molecule has 0 spiro atoms. The summed E-state index contributed by atoms with van der Waals surface area (Å²) in [5.74, 6) is -0.382. The number of nitrogens with one attached hydrogen (secondary N) is 1. The van der Waals surface area contributed by atoms with Gasteiger partial charge in [-0.05, 0) is 117 Å². The number of carboxylic acids is 1. The number of carbonyl (C=O) groups excluding carboxylic acids is 1. The second-order valence-corrected chi connectivity index (χ2v) is 12.9. The average molecular weight is 628 g/mol. The standard InChI is InChI=1S/C35H37N3O4S2/c1-22-9-6-12-28(19-22)43-36-35(41)33(26-10-7-11-27(20-26)42-5)37-16-15-29-30(37)13-8-14-31(29)38(21-32(39)40)44-34-24(3)17-23(2)18-25(34)4/h6-14,17-20,33H,15-16,21H2,1-5H3,(H,36,41)(H,39,40). The Morgan fingerprint density at radius 3 is 2.39 bits per heavy atom. The van der Waals surface area contributed by atoms with Gasteiger partial charge in [0.25, 0.3) is 5.91 Å². The van der Waals surface area contributed by atoms with Gasteiger partial charge in [0.05, 0.1) is 12.8 Å². The predicted octanol–water partition coefficient (Wildman–Crippen LogP) is 7.45. The number of carbonyl (C=O) groups is 2. The van der Waals surface area contributed by atoms with Gasteiger partial charge < -0.3 is 19.0 Å². The van der Waals surface area contributed by atoms with E-state index in [1.54, 1.807) is 7.11 Å². The number of anilines is 2. The Morgan fingerprint density at radius 1 is 0.955 bits per heavy atom. The Balaban J connectivity index is 1.51. The Bertz CT molecular complexity index is 1670. The summed E-state index contributed by atoms with van der Waals surface area (Å²) in [5.41, 5.74) is 8.11. The van der Waals surface area contributed by atoms with Crippen LogP contribution in [0.5, 0.6) is 5.75 Å². The number of hydrogen-bond donors (Lipinski definition) is 2. The second kappa shape index (κ2) is 13.7. The van der Waals surface area contributed by atoms with Crippen LogP contribution in [-0.2, 0) is 16.0 Å². The Hall–Kier alpha value is -4.08. The van der Waals surface area contributed by atoms with Gasteiger partial charge in [0, 0.05) is 27.6 Å². The van der Waals surface area contributed by atoms with Gasteiger partial charge >= 0.3 is 5.97 Å². The van der Waals surface area contributed by atoms with Crippen molar-refractivity contribution in [3.05, 3.63) is 112 Å². The normalized spacial score (nSPS) is 12.9. The number of aliphatic carboxylic acids is 1. The molecule has 0 bridgehead atoms. The van der Waals surface area contributed by atoms with Crippen LogP contribution in [0.15, 0.2) is 88.7 Å². The summed E-state index contributed by atoms with van der Waals surface area (Å²) in [7, 11) is 1.62. The second-order valence-electron chi connectivity index (χ2n) is 11.0. The molecule has 44 heavy (non-hydrogen) atoms. The Labute approximate surface area is 267 Å². The monoisotopic (exact) mass is 627 g/mol. The minimum Gasteiger partial charge on any atom is -0.497 e. The fourth-order valence-corrected chi connectivity index (χ4v) is 7.57. The summed E-state index contributed by atoms with van der Waals surface area (Å²) in [5, 5.41) is 9.90. The van der Waals surface area contributed by atoms with Gasteiger partial charge in [0.2, 0.25) is 0 Å². The van der Waals surface area contributed by atoms with Crippen molar-refractivity contribution in [2.45, 2.75) is 49.9 Å². The fraction of sp³-hybridized carbons (Fsp3) is 0.257. The molecule has 1 unspecified atom stereocenters. The molecule has 4 aromatic rings. The van der Waals surface area contributed by atoms with Gasteiger partial charge in [-0.1, -0.05) is 48.0 Å². The zero-order valence-corrected chi connectivity index (χ0v) is 27.2. The van der Waals surface area contributed by atoms with Crippen LogP contribution < -0.4 is 18.7 Å². The molecule has 1 atom stereocenters. The summed E-state index contributed by atoms with van der Waals surface area (Å²) in [6.07, 6.45) is 0.673. The molecule has 1 aliphatic heterocycles. The maximum atomic E-state index is 14.0. The van der Waals surface area contributed by atoms with Crippen molar-refractivity contribution < 1.29 is 19.4 Å². The number of fused-ring (bicyclic) bond motifs is 1. The molecule has 7 nitrogen and oxygen atoms in total. The van der Waals surface area contributed by atoms with E-state index in [9.17, 15) is 14.7 Å². The molecule has 228 valence electrons. The van der Waals surface area contributed by atoms with Crippen LogP contribution in [0.4, 0.5) is 11.4 Å². The highest BCUT2D eigenvalue weighted by Crippen LogP contribution is 2.44. The first-order valence-electron chi connectivity index (χ1n) is 14.5. The highest BCUT2D eigenvalue weighted by molar-refractivity contribution is 8.00. The maximum absolute atomic E-state index is 14.0. The number of methoxy groups -OCH3 is 1. The molecule has 0 fully saturated rings. The number of amides is 1. The van der Waals surface area contributed by atoms with Crippen molar-refractivity contribution in [2.75, 3.05) is 29.4 Å². The van der Waals surface area contributed by atoms with E-state index in [1.165, 1.54) is 29.5 Å². The van der Waals surface area contributed by atoms with Gasteiger partial charge in [-0.3, -0.25) is 14.3 Å². The van der Waals surface area contributed by atoms with Crippen molar-refractivity contribution in [2.24, 2.45) is 0 Å². The van der Waals surface area contributed by atoms with E-state index in [0.717, 1.165) is 49.0 Å². The van der Waals surface area contributed by atoms with Crippen LogP contribution in [0.25, 0.3) is 0 Å². The third-order valence-electron chi connectivity index (χ3n) is 7.62. The zero-order chi connectivity index (χ0) is 31.4. The first-order valence-corrected chi connectivity index (χ1v) is 16.0. The first kappa shape index (κ1) is 31.3. The maximum Gasteiger partial charge on any atom is 0.324 e. The largest absolute Gasteiger partial charge is 0.497 e. The van der Waals surface area contributed by atoms with E-state index in [0.29, 0.717) is 18.7 Å². The molecule has 1 amide bonds. The molecule has 9 heteroatoms. The summed E-state index contributed by atoms with van der Waals surface area (Å²) in [6.45, 7) is 8.65. The number of rotatable bonds is 11. The van der Waals surface area contributed by atoms with Crippen molar-refractivity contribution in [1.82, 2.24) is 4.72 Å². The highest BCUT2D eigenvalue weighted by Gasteiger charge is 2.35. The molecule has 1 heterocycles. The predicted molar refractivity (Wildman–Crippen MR) is 180 cm³/mol. The van der Waals surface area contributed by atoms with Gasteiger partial charge in [-0.15, -0.1) is 0 Å². The van der Waals surface area contributed by atoms with E-state index in [2.05, 4.69) is 42.5 Å². The molecular weight excluding hydrogens is 591 g/mol. The van der Waals surface area contributed by atoms with Crippen molar-refractivity contribution in [3.8, 4) is 5.75 Å². The van der Waals surface area contributed by atoms with Crippen LogP contribution in [-0.4, -0.2) is 37.2 Å². The van der Waals surface area contributed by atoms with Crippen molar-refractivity contribution in [3.63, 3.8) is 0 Å². The molecule has 0 saturated heterocycles. The lowest BCUT2D eigenvalue weighted by molar-refractivity contribution is -0.135. The lowest BCUT2D eigenvalue weighted by atomic mass is 10.0. The van der Waals surface area contributed by atoms with Crippen LogP contribution in [0.2, 0.25) is 0 Å². The van der Waals surface area contributed by atoms with E-state index >= 15 is 0 Å². The van der Waals surface area contributed by atoms with Gasteiger partial charge in [0.15, 0.2) is 0 Å². The van der Waals surface area contributed by atoms with Crippen molar-refractivity contribution >= 4 is 47.1 Å². The molecule has 1 aliphatic rings. The number of carboxylic acid groups (broad SMARTS) is 1. The number of ether oxygens (including phenoxy) is 1. The molecule has 0 radical (unpaired) electrons. The van der Waals surface area contributed by atoms with E-state index in [4.69, 9.17) is 4.74 Å². The quantitative estimate of drug-likeness (QED) is 0.166. The lowest BCUT2D eigenvalue weighted by Crippen LogP contribution is -2.37. The Kier molecular flexibility index (Phi) is 9.76. The number of hydrogen-bond acceptors (Lipinski definition) is 7. The van der Waals surface area contributed by atoms with E-state index in [1.807, 2.05) is 78.0 Å². The number of aryl methyl sites for hydroxylation is 4. The van der Waals surface area contributed by atoms with Gasteiger partial charge in [0.1, 0.15) is 18.3 Å². The van der Waals surface area contributed by atoms with Crippen LogP contribution in [0.1, 0.15) is 39.4 Å². The molecule has 4 aromatic carbocycles. The summed E-state index contributed by atoms with van der Waals surface area (Å²) >= 11 is 2.76. The molecule has 0 saturated carbocycles. The van der Waals surface area contributed by atoms with Crippen LogP contribution in [0, 0.1) is 27.7 Å². The van der Waals surface area contributed by atoms with E-state index < -0.39 is 12.0 Å². The SMILES string of the molecule is COc1cccc(C(C(=O)NSc2cccc(C)c2)N2CCc3c(N(CC(=O)O)Sc4c(C)cc(C)cc4C)cccc32)c1. The highest BCUT2D eigenvalue weighted by atomic mass is 32.2. The average Bonchev–Trinajstić information content (AvgIpc) is 3.41. The Morgan fingerprint density at radius 2 is 1.68 bits per heavy atom. The number of nitrogens with zero attached hydrogens (tertiary/aromatic N) is 2. The van der Waals surface area contributed by atoms with Crippen LogP contribution in [0.3, 0.4) is 0 Å². The lowest BCUT2D eigenvalue weighted by Gasteiger charge is -2.31.